The van der Waals surface area contributed by atoms with Crippen LogP contribution in [0.15, 0.2) is 24.3 Å². The number of hydrogen-bond donors (Lipinski definition) is 2. The van der Waals surface area contributed by atoms with Crippen molar-refractivity contribution in [2.75, 3.05) is 25.0 Å². The van der Waals surface area contributed by atoms with Crippen molar-refractivity contribution in [3.05, 3.63) is 24.3 Å². The van der Waals surface area contributed by atoms with Gasteiger partial charge in [0, 0.05) is 18.8 Å². The minimum atomic E-state index is -1.15. The number of amides is 2. The number of benzene rings is 1. The summed E-state index contributed by atoms with van der Waals surface area (Å²) in [6.07, 6.45) is 5.11. The highest BCUT2D eigenvalue weighted by Crippen LogP contribution is 2.19. The Hall–Kier alpha value is -2.68. The molecule has 2 N–H and O–H groups in total. The quantitative estimate of drug-likeness (QED) is 0.792. The molecular formula is C13H14N2O4. The molecule has 2 amide bonds. The van der Waals surface area contributed by atoms with Gasteiger partial charge in [-0.25, -0.2) is 4.79 Å². The number of phenols is 1. The van der Waals surface area contributed by atoms with E-state index in [4.69, 9.17) is 11.5 Å². The van der Waals surface area contributed by atoms with E-state index in [0.717, 1.165) is 4.90 Å². The van der Waals surface area contributed by atoms with Gasteiger partial charge in [-0.05, 0) is 12.1 Å². The number of rotatable bonds is 4. The van der Waals surface area contributed by atoms with Gasteiger partial charge in [-0.3, -0.25) is 9.69 Å². The van der Waals surface area contributed by atoms with Crippen molar-refractivity contribution in [1.29, 1.82) is 0 Å². The van der Waals surface area contributed by atoms with Gasteiger partial charge < -0.3 is 15.1 Å². The highest BCUT2D eigenvalue weighted by Gasteiger charge is 2.20. The Bertz CT molecular complexity index is 522. The number of phenolic OH excluding ortho intramolecular Hbond substituents is 1. The van der Waals surface area contributed by atoms with Crippen molar-refractivity contribution in [3.8, 4) is 18.1 Å². The Balaban J connectivity index is 2.90. The van der Waals surface area contributed by atoms with Gasteiger partial charge in [-0.15, -0.1) is 6.42 Å². The second kappa shape index (κ2) is 6.31. The molecule has 19 heavy (non-hydrogen) atoms. The summed E-state index contributed by atoms with van der Waals surface area (Å²) in [4.78, 5) is 25.0. The molecule has 0 bridgehead atoms. The maximum absolute atomic E-state index is 12.1. The molecule has 0 saturated carbocycles. The van der Waals surface area contributed by atoms with Gasteiger partial charge in [-0.1, -0.05) is 12.0 Å². The van der Waals surface area contributed by atoms with Crippen LogP contribution >= 0.6 is 0 Å². The molecule has 0 atom stereocenters. The van der Waals surface area contributed by atoms with Crippen molar-refractivity contribution < 1.29 is 19.8 Å². The molecule has 0 aliphatic carbocycles. The number of urea groups is 1. The van der Waals surface area contributed by atoms with Crippen LogP contribution in [0.2, 0.25) is 0 Å². The number of aliphatic carboxylic acids is 1. The number of terminal acetylenes is 1. The molecule has 6 heteroatoms. The zero-order valence-corrected chi connectivity index (χ0v) is 10.4. The Morgan fingerprint density at radius 3 is 2.63 bits per heavy atom. The van der Waals surface area contributed by atoms with E-state index in [0.29, 0.717) is 5.69 Å². The zero-order chi connectivity index (χ0) is 14.4. The normalized spacial score (nSPS) is 9.47. The van der Waals surface area contributed by atoms with E-state index < -0.39 is 18.5 Å². The first kappa shape index (κ1) is 14.4. The fourth-order valence-corrected chi connectivity index (χ4v) is 1.49. The lowest BCUT2D eigenvalue weighted by Crippen LogP contribution is -2.44. The lowest BCUT2D eigenvalue weighted by molar-refractivity contribution is -0.137. The summed E-state index contributed by atoms with van der Waals surface area (Å²) in [7, 11) is 1.47. The number of aromatic hydroxyl groups is 1. The molecule has 0 radical (unpaired) electrons. The first-order valence-electron chi connectivity index (χ1n) is 5.42. The third kappa shape index (κ3) is 3.92. The molecule has 1 aromatic carbocycles. The highest BCUT2D eigenvalue weighted by molar-refractivity contribution is 5.93. The van der Waals surface area contributed by atoms with Gasteiger partial charge in [0.05, 0.1) is 6.54 Å². The second-order valence-corrected chi connectivity index (χ2v) is 3.82. The minimum absolute atomic E-state index is 0.0129. The number of carboxylic acids is 1. The summed E-state index contributed by atoms with van der Waals surface area (Å²) in [5.74, 6) is 1.10. The number of carbonyl (C=O) groups excluding carboxylic acids is 1. The number of carbonyl (C=O) groups is 2. The maximum Gasteiger partial charge on any atom is 0.325 e. The molecule has 0 spiro atoms. The van der Waals surface area contributed by atoms with Gasteiger partial charge in [0.25, 0.3) is 0 Å². The Labute approximate surface area is 110 Å². The fraction of sp³-hybridized carbons (Fsp3) is 0.231. The SMILES string of the molecule is C#CCN(CC(=O)O)C(=O)N(C)c1cccc(O)c1. The predicted molar refractivity (Wildman–Crippen MR) is 69.9 cm³/mol. The monoisotopic (exact) mass is 262 g/mol. The molecule has 100 valence electrons. The van der Waals surface area contributed by atoms with Gasteiger partial charge in [0.1, 0.15) is 12.3 Å². The number of anilines is 1. The summed E-state index contributed by atoms with van der Waals surface area (Å²) in [5.41, 5.74) is 0.442. The van der Waals surface area contributed by atoms with Crippen molar-refractivity contribution in [1.82, 2.24) is 4.90 Å². The summed E-state index contributed by atoms with van der Waals surface area (Å²) < 4.78 is 0. The van der Waals surface area contributed by atoms with Crippen LogP contribution in [-0.4, -0.2) is 47.3 Å². The van der Waals surface area contributed by atoms with Crippen molar-refractivity contribution in [2.45, 2.75) is 0 Å². The smallest absolute Gasteiger partial charge is 0.325 e. The standard InChI is InChI=1S/C13H14N2O4/c1-3-7-15(9-12(17)18)13(19)14(2)10-5-4-6-11(16)8-10/h1,4-6,8,16H,7,9H2,2H3,(H,17,18). The van der Waals surface area contributed by atoms with Crippen molar-refractivity contribution >= 4 is 17.7 Å². The Kier molecular flexibility index (Phi) is 4.77. The molecule has 0 aliphatic rings. The largest absolute Gasteiger partial charge is 0.508 e. The topological polar surface area (TPSA) is 81.1 Å². The molecular weight excluding hydrogens is 248 g/mol. The first-order chi connectivity index (χ1) is 8.95. The number of nitrogens with zero attached hydrogens (tertiary/aromatic N) is 2. The molecule has 1 rings (SSSR count). The van der Waals surface area contributed by atoms with E-state index in [-0.39, 0.29) is 12.3 Å². The van der Waals surface area contributed by atoms with Crippen LogP contribution in [0.4, 0.5) is 10.5 Å². The fourth-order valence-electron chi connectivity index (χ4n) is 1.49. The summed E-state index contributed by atoms with van der Waals surface area (Å²) in [5, 5.41) is 18.1. The maximum atomic E-state index is 12.1. The highest BCUT2D eigenvalue weighted by atomic mass is 16.4. The van der Waals surface area contributed by atoms with Crippen molar-refractivity contribution in [2.24, 2.45) is 0 Å². The molecule has 0 unspecified atom stereocenters. The van der Waals surface area contributed by atoms with Gasteiger partial charge in [0.2, 0.25) is 0 Å². The molecule has 0 aliphatic heterocycles. The third-order valence-electron chi connectivity index (χ3n) is 2.38. The average molecular weight is 262 g/mol. The Morgan fingerprint density at radius 2 is 2.11 bits per heavy atom. The van der Waals surface area contributed by atoms with E-state index in [1.807, 2.05) is 0 Å². The van der Waals surface area contributed by atoms with Gasteiger partial charge >= 0.3 is 12.0 Å². The van der Waals surface area contributed by atoms with Crippen LogP contribution in [0.1, 0.15) is 0 Å². The molecule has 0 heterocycles. The lowest BCUT2D eigenvalue weighted by Gasteiger charge is -2.25. The molecule has 0 aromatic heterocycles. The van der Waals surface area contributed by atoms with Crippen LogP contribution < -0.4 is 4.90 Å². The van der Waals surface area contributed by atoms with Gasteiger partial charge in [-0.2, -0.15) is 0 Å². The molecule has 0 saturated heterocycles. The summed E-state index contributed by atoms with van der Waals surface area (Å²) in [6, 6.07) is 5.51. The third-order valence-corrected chi connectivity index (χ3v) is 2.38. The van der Waals surface area contributed by atoms with E-state index in [1.165, 1.54) is 24.1 Å². The molecule has 1 aromatic rings. The summed E-state index contributed by atoms with van der Waals surface area (Å²) >= 11 is 0. The van der Waals surface area contributed by atoms with Crippen LogP contribution in [0.25, 0.3) is 0 Å². The van der Waals surface area contributed by atoms with Crippen LogP contribution in [-0.2, 0) is 4.79 Å². The lowest BCUT2D eigenvalue weighted by atomic mass is 10.3. The first-order valence-corrected chi connectivity index (χ1v) is 5.42. The van der Waals surface area contributed by atoms with Crippen LogP contribution in [0.3, 0.4) is 0 Å². The van der Waals surface area contributed by atoms with Crippen molar-refractivity contribution in [3.63, 3.8) is 0 Å². The predicted octanol–water partition coefficient (Wildman–Crippen LogP) is 0.968. The average Bonchev–Trinajstić information content (AvgIpc) is 2.36. The van der Waals surface area contributed by atoms with E-state index in [2.05, 4.69) is 5.92 Å². The van der Waals surface area contributed by atoms with Crippen LogP contribution in [0.5, 0.6) is 5.75 Å². The van der Waals surface area contributed by atoms with E-state index in [1.54, 1.807) is 12.1 Å². The summed E-state index contributed by atoms with van der Waals surface area (Å²) in [6.45, 7) is -0.583. The number of hydrogen-bond acceptors (Lipinski definition) is 3. The zero-order valence-electron chi connectivity index (χ0n) is 10.4. The minimum Gasteiger partial charge on any atom is -0.508 e. The second-order valence-electron chi connectivity index (χ2n) is 3.82. The number of carboxylic acid groups (broad SMARTS) is 1. The van der Waals surface area contributed by atoms with E-state index in [9.17, 15) is 14.7 Å². The van der Waals surface area contributed by atoms with Crippen LogP contribution in [0, 0.1) is 12.3 Å². The Morgan fingerprint density at radius 1 is 1.42 bits per heavy atom. The molecule has 6 nitrogen and oxygen atoms in total. The van der Waals surface area contributed by atoms with Gasteiger partial charge in [0.15, 0.2) is 0 Å². The van der Waals surface area contributed by atoms with E-state index >= 15 is 0 Å². The molecule has 0 fully saturated rings.